The largest absolute Gasteiger partial charge is 0.741 e. The van der Waals surface area contributed by atoms with Gasteiger partial charge in [-0.1, -0.05) is 91.0 Å². The van der Waals surface area contributed by atoms with Crippen LogP contribution in [0.4, 0.5) is 13.2 Å². The summed E-state index contributed by atoms with van der Waals surface area (Å²) >= 11 is 0. The fourth-order valence-electron chi connectivity index (χ4n) is 4.41. The molecule has 0 aromatic heterocycles. The maximum absolute atomic E-state index is 10.7. The van der Waals surface area contributed by atoms with Gasteiger partial charge in [0.25, 0.3) is 5.84 Å². The standard InChI is InChI=1S/C25H27N2.CHF3O3S/c1-19-23(20-13-7-4-8-14-20)25(26(2)3)27(19)24(21-15-9-5-10-16-21)22-17-11-6-12-18-22;2-1(3,4)8(5,6)7/h4-19,23-24H,1-3H3;(H,5,6,7)/q+1;/p-1/t19-,23-;/m1./s1. The zero-order valence-electron chi connectivity index (χ0n) is 19.6. The lowest BCUT2D eigenvalue weighted by atomic mass is 9.78. The summed E-state index contributed by atoms with van der Waals surface area (Å²) in [5.41, 5.74) is -1.58. The Labute approximate surface area is 203 Å². The van der Waals surface area contributed by atoms with Crippen molar-refractivity contribution in [1.82, 2.24) is 4.90 Å². The third-order valence-electron chi connectivity index (χ3n) is 5.87. The third kappa shape index (κ3) is 5.91. The minimum atomic E-state index is -6.09. The van der Waals surface area contributed by atoms with E-state index in [9.17, 15) is 13.2 Å². The maximum atomic E-state index is 10.7. The predicted molar refractivity (Wildman–Crippen MR) is 128 cm³/mol. The molecule has 2 atom stereocenters. The smallest absolute Gasteiger partial charge is 0.485 e. The molecule has 35 heavy (non-hydrogen) atoms. The minimum Gasteiger partial charge on any atom is -0.741 e. The first-order chi connectivity index (χ1) is 16.4. The van der Waals surface area contributed by atoms with Crippen LogP contribution in [0.3, 0.4) is 0 Å². The number of nitrogens with zero attached hydrogens (tertiary/aromatic N) is 2. The van der Waals surface area contributed by atoms with Crippen molar-refractivity contribution in [3.8, 4) is 0 Å². The summed E-state index contributed by atoms with van der Waals surface area (Å²) in [6, 6.07) is 33.2. The Kier molecular flexibility index (Phi) is 8.02. The van der Waals surface area contributed by atoms with Crippen LogP contribution < -0.4 is 0 Å². The first kappa shape index (κ1) is 26.4. The van der Waals surface area contributed by atoms with Crippen molar-refractivity contribution in [2.24, 2.45) is 0 Å². The van der Waals surface area contributed by atoms with E-state index in [4.69, 9.17) is 13.0 Å². The van der Waals surface area contributed by atoms with Crippen LogP contribution in [0.15, 0.2) is 91.0 Å². The van der Waals surface area contributed by atoms with E-state index in [1.54, 1.807) is 0 Å². The monoisotopic (exact) mass is 504 g/mol. The van der Waals surface area contributed by atoms with Crippen LogP contribution in [-0.2, 0) is 10.1 Å². The Hall–Kier alpha value is -3.17. The second kappa shape index (κ2) is 10.6. The summed E-state index contributed by atoms with van der Waals surface area (Å²) in [5.74, 6) is 1.81. The van der Waals surface area contributed by atoms with E-state index in [1.165, 1.54) is 22.5 Å². The Morgan fingerprint density at radius 3 is 1.54 bits per heavy atom. The highest BCUT2D eigenvalue weighted by Crippen LogP contribution is 2.44. The lowest BCUT2D eigenvalue weighted by molar-refractivity contribution is -0.477. The number of hydrogen-bond donors (Lipinski definition) is 0. The molecule has 5 nitrogen and oxygen atoms in total. The molecule has 0 amide bonds. The van der Waals surface area contributed by atoms with E-state index < -0.39 is 15.6 Å². The maximum Gasteiger partial charge on any atom is 0.485 e. The summed E-state index contributed by atoms with van der Waals surface area (Å²) in [4.78, 5) is 2.59. The molecule has 1 fully saturated rings. The molecule has 9 heteroatoms. The fraction of sp³-hybridized carbons (Fsp3) is 0.269. The molecule has 1 saturated heterocycles. The first-order valence-electron chi connectivity index (χ1n) is 10.9. The van der Waals surface area contributed by atoms with Crippen molar-refractivity contribution in [2.45, 2.75) is 30.4 Å². The SMILES string of the molecule is C[C@@H]1[C@H](c2ccccc2)C(=[N+](C)C)N1C(c1ccccc1)c1ccccc1.O=S(=O)([O-])C(F)(F)F. The predicted octanol–water partition coefficient (Wildman–Crippen LogP) is 4.99. The van der Waals surface area contributed by atoms with Gasteiger partial charge < -0.3 is 4.55 Å². The van der Waals surface area contributed by atoms with Gasteiger partial charge in [-0.2, -0.15) is 13.2 Å². The third-order valence-corrected chi connectivity index (χ3v) is 6.44. The van der Waals surface area contributed by atoms with Gasteiger partial charge in [0, 0.05) is 11.1 Å². The van der Waals surface area contributed by atoms with Gasteiger partial charge in [0.2, 0.25) is 0 Å². The Bertz CT molecular complexity index is 1210. The fourth-order valence-corrected chi connectivity index (χ4v) is 4.41. The van der Waals surface area contributed by atoms with Gasteiger partial charge >= 0.3 is 5.51 Å². The van der Waals surface area contributed by atoms with Gasteiger partial charge in [-0.15, -0.1) is 0 Å². The zero-order valence-corrected chi connectivity index (χ0v) is 20.4. The highest BCUT2D eigenvalue weighted by molar-refractivity contribution is 7.86. The van der Waals surface area contributed by atoms with Crippen molar-refractivity contribution < 1.29 is 30.7 Å². The molecule has 0 bridgehead atoms. The van der Waals surface area contributed by atoms with Gasteiger partial charge in [-0.05, 0) is 12.5 Å². The highest BCUT2D eigenvalue weighted by atomic mass is 32.2. The molecule has 0 saturated carbocycles. The molecule has 3 aromatic carbocycles. The van der Waals surface area contributed by atoms with Crippen LogP contribution in [0.1, 0.15) is 35.6 Å². The molecule has 0 N–H and O–H groups in total. The van der Waals surface area contributed by atoms with Crippen LogP contribution >= 0.6 is 0 Å². The van der Waals surface area contributed by atoms with Crippen LogP contribution in [0.5, 0.6) is 0 Å². The number of likely N-dealkylation sites (tertiary alicyclic amines) is 1. The summed E-state index contributed by atoms with van der Waals surface area (Å²) in [5, 5.41) is 0. The van der Waals surface area contributed by atoms with Crippen molar-refractivity contribution >= 4 is 16.0 Å². The quantitative estimate of drug-likeness (QED) is 0.286. The van der Waals surface area contributed by atoms with E-state index in [0.717, 1.165) is 0 Å². The summed E-state index contributed by atoms with van der Waals surface area (Å²) in [7, 11) is -1.76. The molecule has 0 spiro atoms. The molecule has 0 radical (unpaired) electrons. The Morgan fingerprint density at radius 1 is 0.829 bits per heavy atom. The highest BCUT2D eigenvalue weighted by Gasteiger charge is 2.54. The lowest BCUT2D eigenvalue weighted by Gasteiger charge is -2.47. The normalized spacial score (nSPS) is 17.9. The van der Waals surface area contributed by atoms with E-state index in [2.05, 4.69) is 121 Å². The topological polar surface area (TPSA) is 63.5 Å². The molecular formula is C26H27F3N2O3S. The molecule has 0 unspecified atom stereocenters. The van der Waals surface area contributed by atoms with Crippen molar-refractivity contribution in [3.05, 3.63) is 108 Å². The Balaban J connectivity index is 0.000000371. The molecule has 1 aliphatic rings. The molecule has 4 rings (SSSR count). The zero-order chi connectivity index (χ0) is 25.8. The summed E-state index contributed by atoms with van der Waals surface area (Å²) in [6.07, 6.45) is 0. The molecular weight excluding hydrogens is 477 g/mol. The number of amidine groups is 1. The van der Waals surface area contributed by atoms with Crippen molar-refractivity contribution in [3.63, 3.8) is 0 Å². The average Bonchev–Trinajstić information content (AvgIpc) is 2.81. The van der Waals surface area contributed by atoms with Crippen molar-refractivity contribution in [1.29, 1.82) is 0 Å². The molecule has 3 aromatic rings. The van der Waals surface area contributed by atoms with Crippen LogP contribution in [-0.4, -0.2) is 53.9 Å². The van der Waals surface area contributed by atoms with E-state index in [1.807, 2.05) is 0 Å². The van der Waals surface area contributed by atoms with Crippen LogP contribution in [0.2, 0.25) is 0 Å². The van der Waals surface area contributed by atoms with Gasteiger partial charge in [0.15, 0.2) is 10.1 Å². The summed E-state index contributed by atoms with van der Waals surface area (Å²) < 4.78 is 61.2. The van der Waals surface area contributed by atoms with Crippen LogP contribution in [0, 0.1) is 0 Å². The molecule has 1 aliphatic heterocycles. The Morgan fingerprint density at radius 2 is 1.20 bits per heavy atom. The molecule has 1 heterocycles. The number of benzene rings is 3. The number of rotatable bonds is 4. The van der Waals surface area contributed by atoms with Gasteiger partial charge in [0.05, 0.1) is 14.1 Å². The van der Waals surface area contributed by atoms with Gasteiger partial charge in [-0.25, -0.2) is 8.42 Å². The number of alkyl halides is 3. The average molecular weight is 505 g/mol. The molecule has 186 valence electrons. The van der Waals surface area contributed by atoms with Crippen LogP contribution in [0.25, 0.3) is 0 Å². The molecule has 0 aliphatic carbocycles. The van der Waals surface area contributed by atoms with E-state index >= 15 is 0 Å². The lowest BCUT2D eigenvalue weighted by Crippen LogP contribution is -2.61. The van der Waals surface area contributed by atoms with Gasteiger partial charge in [-0.3, -0.25) is 9.48 Å². The minimum absolute atomic E-state index is 0.222. The summed E-state index contributed by atoms with van der Waals surface area (Å²) in [6.45, 7) is 2.35. The second-order valence-corrected chi connectivity index (χ2v) is 9.78. The van der Waals surface area contributed by atoms with Crippen molar-refractivity contribution in [2.75, 3.05) is 14.1 Å². The van der Waals surface area contributed by atoms with E-state index in [-0.39, 0.29) is 6.04 Å². The van der Waals surface area contributed by atoms with Gasteiger partial charge in [0.1, 0.15) is 18.0 Å². The first-order valence-corrected chi connectivity index (χ1v) is 12.3. The number of halogens is 3. The number of hydrogen-bond acceptors (Lipinski definition) is 3. The van der Waals surface area contributed by atoms with E-state index in [0.29, 0.717) is 12.0 Å². The second-order valence-electron chi connectivity index (χ2n) is 8.41.